The molecule has 1 heterocycles. The van der Waals surface area contributed by atoms with Crippen LogP contribution >= 0.6 is 0 Å². The fourth-order valence-electron chi connectivity index (χ4n) is 1.84. The lowest BCUT2D eigenvalue weighted by molar-refractivity contribution is 0.568. The number of hydrogen-bond donors (Lipinski definition) is 0. The molecule has 3 rings (SSSR count). The van der Waals surface area contributed by atoms with Gasteiger partial charge in [0.15, 0.2) is 0 Å². The molecule has 1 aromatic heterocycles. The van der Waals surface area contributed by atoms with Crippen LogP contribution in [0.15, 0.2) is 24.4 Å². The summed E-state index contributed by atoms with van der Waals surface area (Å²) in [6.45, 7) is 11.2. The van der Waals surface area contributed by atoms with Crippen LogP contribution in [-0.4, -0.2) is 9.78 Å². The minimum absolute atomic E-state index is 0.894. The topological polar surface area (TPSA) is 17.8 Å². The molecule has 18 heavy (non-hydrogen) atoms. The Hall–Kier alpha value is -1.31. The molecule has 1 aromatic carbocycles. The maximum atomic E-state index is 4.57. The van der Waals surface area contributed by atoms with Crippen LogP contribution in [0.4, 0.5) is 0 Å². The number of fused-ring (bicyclic) bond motifs is 1. The third-order valence-electron chi connectivity index (χ3n) is 2.85. The van der Waals surface area contributed by atoms with Crippen LogP contribution in [0.5, 0.6) is 0 Å². The van der Waals surface area contributed by atoms with Crippen LogP contribution in [0.2, 0.25) is 0 Å². The lowest BCUT2D eigenvalue weighted by Crippen LogP contribution is -1.99. The van der Waals surface area contributed by atoms with Gasteiger partial charge in [-0.1, -0.05) is 39.8 Å². The predicted octanol–water partition coefficient (Wildman–Crippen LogP) is 4.81. The second-order valence-corrected chi connectivity index (χ2v) is 4.36. The molecular weight excluding hydrogens is 220 g/mol. The molecular formula is C16H26N2. The summed E-state index contributed by atoms with van der Waals surface area (Å²) < 4.78 is 2.10. The minimum atomic E-state index is 0.894. The van der Waals surface area contributed by atoms with Crippen molar-refractivity contribution in [1.29, 1.82) is 0 Å². The van der Waals surface area contributed by atoms with E-state index in [1.807, 2.05) is 27.7 Å². The molecule has 0 aliphatic heterocycles. The SMILES string of the molecule is CC.CC.Cc1ccc2cn(CC3CC3)nc2c1. The highest BCUT2D eigenvalue weighted by Gasteiger charge is 2.21. The number of hydrogen-bond acceptors (Lipinski definition) is 1. The summed E-state index contributed by atoms with van der Waals surface area (Å²) in [6.07, 6.45) is 4.93. The van der Waals surface area contributed by atoms with E-state index in [4.69, 9.17) is 0 Å². The first-order valence-corrected chi connectivity index (χ1v) is 7.25. The monoisotopic (exact) mass is 246 g/mol. The van der Waals surface area contributed by atoms with E-state index in [0.29, 0.717) is 0 Å². The summed E-state index contributed by atoms with van der Waals surface area (Å²) in [5, 5.41) is 5.83. The first-order valence-electron chi connectivity index (χ1n) is 7.25. The van der Waals surface area contributed by atoms with Crippen molar-refractivity contribution in [2.75, 3.05) is 0 Å². The van der Waals surface area contributed by atoms with Crippen LogP contribution in [0.3, 0.4) is 0 Å². The third-order valence-corrected chi connectivity index (χ3v) is 2.85. The Morgan fingerprint density at radius 3 is 2.44 bits per heavy atom. The largest absolute Gasteiger partial charge is 0.271 e. The standard InChI is InChI=1S/C12H14N2.2C2H6/c1-9-2-5-11-8-14(7-10-3-4-10)13-12(11)6-9;2*1-2/h2,5-6,8,10H,3-4,7H2,1H3;2*1-2H3. The van der Waals surface area contributed by atoms with Crippen molar-refractivity contribution in [3.8, 4) is 0 Å². The fourth-order valence-corrected chi connectivity index (χ4v) is 1.84. The van der Waals surface area contributed by atoms with Crippen molar-refractivity contribution in [1.82, 2.24) is 9.78 Å². The smallest absolute Gasteiger partial charge is 0.0925 e. The van der Waals surface area contributed by atoms with Crippen LogP contribution in [0, 0.1) is 12.8 Å². The Bertz CT molecular complexity index is 467. The van der Waals surface area contributed by atoms with Crippen molar-refractivity contribution < 1.29 is 0 Å². The van der Waals surface area contributed by atoms with Crippen molar-refractivity contribution in [3.05, 3.63) is 30.0 Å². The molecule has 100 valence electrons. The summed E-state index contributed by atoms with van der Waals surface area (Å²) in [5.74, 6) is 0.894. The zero-order valence-corrected chi connectivity index (χ0v) is 12.4. The molecule has 0 atom stereocenters. The molecule has 2 heteroatoms. The van der Waals surface area contributed by atoms with E-state index in [9.17, 15) is 0 Å². The van der Waals surface area contributed by atoms with E-state index in [2.05, 4.69) is 41.1 Å². The van der Waals surface area contributed by atoms with Crippen LogP contribution in [0.1, 0.15) is 46.1 Å². The maximum Gasteiger partial charge on any atom is 0.0925 e. The average molecular weight is 246 g/mol. The molecule has 0 spiro atoms. The number of aromatic nitrogens is 2. The lowest BCUT2D eigenvalue weighted by atomic mass is 10.2. The van der Waals surface area contributed by atoms with Gasteiger partial charge in [-0.15, -0.1) is 0 Å². The van der Waals surface area contributed by atoms with E-state index < -0.39 is 0 Å². The molecule has 0 bridgehead atoms. The van der Waals surface area contributed by atoms with Crippen LogP contribution < -0.4 is 0 Å². The van der Waals surface area contributed by atoms with Gasteiger partial charge in [0, 0.05) is 18.1 Å². The zero-order valence-electron chi connectivity index (χ0n) is 12.4. The van der Waals surface area contributed by atoms with Gasteiger partial charge in [0.1, 0.15) is 0 Å². The quantitative estimate of drug-likeness (QED) is 0.743. The highest BCUT2D eigenvalue weighted by atomic mass is 15.3. The molecule has 2 nitrogen and oxygen atoms in total. The van der Waals surface area contributed by atoms with Gasteiger partial charge in [0.05, 0.1) is 5.52 Å². The molecule has 1 saturated carbocycles. The molecule has 0 amide bonds. The van der Waals surface area contributed by atoms with Gasteiger partial charge in [-0.25, -0.2) is 0 Å². The third kappa shape index (κ3) is 3.86. The van der Waals surface area contributed by atoms with E-state index >= 15 is 0 Å². The molecule has 1 aliphatic carbocycles. The Labute approximate surface area is 111 Å². The molecule has 0 saturated heterocycles. The van der Waals surface area contributed by atoms with Crippen molar-refractivity contribution in [2.45, 2.75) is 54.0 Å². The molecule has 0 unspecified atom stereocenters. The summed E-state index contributed by atoms with van der Waals surface area (Å²) in [4.78, 5) is 0. The second-order valence-electron chi connectivity index (χ2n) is 4.36. The van der Waals surface area contributed by atoms with Gasteiger partial charge >= 0.3 is 0 Å². The molecule has 1 fully saturated rings. The fraction of sp³-hybridized carbons (Fsp3) is 0.562. The first kappa shape index (κ1) is 14.7. The Balaban J connectivity index is 0.000000371. The average Bonchev–Trinajstić information content (AvgIpc) is 3.12. The Morgan fingerprint density at radius 2 is 1.83 bits per heavy atom. The molecule has 1 aliphatic rings. The molecule has 2 aromatic rings. The van der Waals surface area contributed by atoms with Gasteiger partial charge in [0.25, 0.3) is 0 Å². The van der Waals surface area contributed by atoms with Gasteiger partial charge in [-0.05, 0) is 37.3 Å². The van der Waals surface area contributed by atoms with Crippen molar-refractivity contribution in [2.24, 2.45) is 5.92 Å². The van der Waals surface area contributed by atoms with E-state index in [1.54, 1.807) is 0 Å². The second kappa shape index (κ2) is 7.20. The summed E-state index contributed by atoms with van der Waals surface area (Å²) in [7, 11) is 0. The molecule has 0 N–H and O–H groups in total. The number of benzene rings is 1. The van der Waals surface area contributed by atoms with Gasteiger partial charge < -0.3 is 0 Å². The normalized spacial score (nSPS) is 13.4. The number of rotatable bonds is 2. The van der Waals surface area contributed by atoms with Gasteiger partial charge in [-0.3, -0.25) is 4.68 Å². The Kier molecular flexibility index (Phi) is 5.90. The first-order chi connectivity index (χ1) is 8.81. The molecule has 0 radical (unpaired) electrons. The lowest BCUT2D eigenvalue weighted by Gasteiger charge is -1.95. The zero-order chi connectivity index (χ0) is 13.5. The van der Waals surface area contributed by atoms with Crippen molar-refractivity contribution >= 4 is 10.9 Å². The van der Waals surface area contributed by atoms with Crippen molar-refractivity contribution in [3.63, 3.8) is 0 Å². The van der Waals surface area contributed by atoms with Crippen LogP contribution in [-0.2, 0) is 6.54 Å². The number of nitrogens with zero attached hydrogens (tertiary/aromatic N) is 2. The summed E-state index contributed by atoms with van der Waals surface area (Å²) in [6, 6.07) is 6.45. The van der Waals surface area contributed by atoms with Gasteiger partial charge in [0.2, 0.25) is 0 Å². The Morgan fingerprint density at radius 1 is 1.17 bits per heavy atom. The number of aryl methyl sites for hydroxylation is 1. The highest BCUT2D eigenvalue weighted by Crippen LogP contribution is 2.30. The van der Waals surface area contributed by atoms with E-state index in [1.165, 1.54) is 23.8 Å². The summed E-state index contributed by atoms with van der Waals surface area (Å²) in [5.41, 5.74) is 2.42. The predicted molar refractivity (Wildman–Crippen MR) is 79.9 cm³/mol. The van der Waals surface area contributed by atoms with Gasteiger partial charge in [-0.2, -0.15) is 5.10 Å². The highest BCUT2D eigenvalue weighted by molar-refractivity contribution is 5.78. The minimum Gasteiger partial charge on any atom is -0.271 e. The van der Waals surface area contributed by atoms with E-state index in [-0.39, 0.29) is 0 Å². The van der Waals surface area contributed by atoms with Crippen LogP contribution in [0.25, 0.3) is 10.9 Å². The maximum absolute atomic E-state index is 4.57. The van der Waals surface area contributed by atoms with E-state index in [0.717, 1.165) is 18.0 Å². The summed E-state index contributed by atoms with van der Waals surface area (Å²) >= 11 is 0.